The lowest BCUT2D eigenvalue weighted by Gasteiger charge is -2.01. The molecule has 2 heterocycles. The van der Waals surface area contributed by atoms with Gasteiger partial charge in [0, 0.05) is 6.20 Å². The van der Waals surface area contributed by atoms with E-state index in [9.17, 15) is 5.11 Å². The summed E-state index contributed by atoms with van der Waals surface area (Å²) in [4.78, 5) is 8.04. The van der Waals surface area contributed by atoms with Crippen molar-refractivity contribution >= 4 is 0 Å². The maximum atomic E-state index is 9.54. The number of nitriles is 1. The van der Waals surface area contributed by atoms with Gasteiger partial charge >= 0.3 is 0 Å². The highest BCUT2D eigenvalue weighted by Gasteiger charge is 2.06. The first-order chi connectivity index (χ1) is 7.31. The predicted molar refractivity (Wildman–Crippen MR) is 53.8 cm³/mol. The van der Waals surface area contributed by atoms with Crippen LogP contribution in [-0.4, -0.2) is 15.1 Å². The second-order valence-electron chi connectivity index (χ2n) is 2.89. The molecule has 0 aliphatic carbocycles. The third-order valence-corrected chi connectivity index (χ3v) is 1.89. The molecule has 0 spiro atoms. The predicted octanol–water partition coefficient (Wildman–Crippen LogP) is 1.72. The molecule has 0 saturated heterocycles. The van der Waals surface area contributed by atoms with Gasteiger partial charge in [0.15, 0.2) is 0 Å². The minimum atomic E-state index is 0.0556. The number of pyridine rings is 2. The first kappa shape index (κ1) is 9.16. The van der Waals surface area contributed by atoms with Crippen molar-refractivity contribution in [2.24, 2.45) is 0 Å². The standard InChI is InChI=1S/C11H7N3O/c12-7-8-3-1-4-9(14-8)11-10(15)5-2-6-13-11/h1-6,15H. The van der Waals surface area contributed by atoms with Crippen LogP contribution in [0.1, 0.15) is 5.69 Å². The second kappa shape index (κ2) is 3.76. The van der Waals surface area contributed by atoms with Crippen LogP contribution in [0, 0.1) is 11.3 Å². The van der Waals surface area contributed by atoms with Gasteiger partial charge in [0.1, 0.15) is 23.2 Å². The van der Waals surface area contributed by atoms with Crippen LogP contribution < -0.4 is 0 Å². The molecule has 72 valence electrons. The summed E-state index contributed by atoms with van der Waals surface area (Å²) in [5, 5.41) is 18.2. The van der Waals surface area contributed by atoms with Crippen LogP contribution in [0.2, 0.25) is 0 Å². The largest absolute Gasteiger partial charge is 0.506 e. The Hall–Kier alpha value is -2.41. The van der Waals surface area contributed by atoms with E-state index in [0.717, 1.165) is 0 Å². The third-order valence-electron chi connectivity index (χ3n) is 1.89. The normalized spacial score (nSPS) is 9.53. The van der Waals surface area contributed by atoms with Crippen LogP contribution in [0.4, 0.5) is 0 Å². The Morgan fingerprint density at radius 2 is 2.07 bits per heavy atom. The molecule has 2 aromatic rings. The molecule has 0 atom stereocenters. The first-order valence-corrected chi connectivity index (χ1v) is 4.33. The maximum Gasteiger partial charge on any atom is 0.143 e. The zero-order valence-electron chi connectivity index (χ0n) is 7.75. The minimum Gasteiger partial charge on any atom is -0.506 e. The molecule has 2 aromatic heterocycles. The van der Waals surface area contributed by atoms with Gasteiger partial charge < -0.3 is 5.11 Å². The van der Waals surface area contributed by atoms with Crippen LogP contribution in [-0.2, 0) is 0 Å². The topological polar surface area (TPSA) is 69.8 Å². The summed E-state index contributed by atoms with van der Waals surface area (Å²) in [6, 6.07) is 10.1. The molecule has 0 aromatic carbocycles. The van der Waals surface area contributed by atoms with Gasteiger partial charge in [-0.2, -0.15) is 5.26 Å². The number of nitrogens with zero attached hydrogens (tertiary/aromatic N) is 3. The van der Waals surface area contributed by atoms with E-state index in [0.29, 0.717) is 17.1 Å². The molecule has 0 saturated carbocycles. The molecule has 0 unspecified atom stereocenters. The average Bonchev–Trinajstić information content (AvgIpc) is 2.30. The van der Waals surface area contributed by atoms with Gasteiger partial charge in [-0.25, -0.2) is 4.98 Å². The summed E-state index contributed by atoms with van der Waals surface area (Å²) >= 11 is 0. The Kier molecular flexibility index (Phi) is 2.30. The van der Waals surface area contributed by atoms with E-state index in [1.807, 2.05) is 6.07 Å². The number of hydrogen-bond donors (Lipinski definition) is 1. The van der Waals surface area contributed by atoms with Crippen LogP contribution >= 0.6 is 0 Å². The molecular formula is C11H7N3O. The van der Waals surface area contributed by atoms with E-state index < -0.39 is 0 Å². The smallest absolute Gasteiger partial charge is 0.143 e. The van der Waals surface area contributed by atoms with E-state index >= 15 is 0 Å². The molecule has 0 bridgehead atoms. The van der Waals surface area contributed by atoms with Gasteiger partial charge in [-0.05, 0) is 24.3 Å². The zero-order chi connectivity index (χ0) is 10.7. The van der Waals surface area contributed by atoms with Crippen molar-refractivity contribution in [3.05, 3.63) is 42.2 Å². The summed E-state index contributed by atoms with van der Waals surface area (Å²) < 4.78 is 0. The Morgan fingerprint density at radius 3 is 2.80 bits per heavy atom. The molecule has 0 aliphatic rings. The highest BCUT2D eigenvalue weighted by Crippen LogP contribution is 2.23. The summed E-state index contributed by atoms with van der Waals surface area (Å²) in [6.45, 7) is 0. The van der Waals surface area contributed by atoms with Crippen molar-refractivity contribution in [2.75, 3.05) is 0 Å². The monoisotopic (exact) mass is 197 g/mol. The fourth-order valence-electron chi connectivity index (χ4n) is 1.22. The van der Waals surface area contributed by atoms with E-state index in [-0.39, 0.29) is 5.75 Å². The van der Waals surface area contributed by atoms with E-state index in [2.05, 4.69) is 9.97 Å². The summed E-state index contributed by atoms with van der Waals surface area (Å²) in [5.41, 5.74) is 1.18. The number of aromatic nitrogens is 2. The fourth-order valence-corrected chi connectivity index (χ4v) is 1.22. The zero-order valence-corrected chi connectivity index (χ0v) is 7.75. The Balaban J connectivity index is 2.55. The first-order valence-electron chi connectivity index (χ1n) is 4.33. The molecule has 2 rings (SSSR count). The van der Waals surface area contributed by atoms with Gasteiger partial charge in [-0.3, -0.25) is 4.98 Å². The second-order valence-corrected chi connectivity index (χ2v) is 2.89. The lowest BCUT2D eigenvalue weighted by molar-refractivity contribution is 0.475. The summed E-state index contributed by atoms with van der Waals surface area (Å²) in [5.74, 6) is 0.0556. The quantitative estimate of drug-likeness (QED) is 0.755. The lowest BCUT2D eigenvalue weighted by atomic mass is 10.2. The van der Waals surface area contributed by atoms with Crippen LogP contribution in [0.25, 0.3) is 11.4 Å². The van der Waals surface area contributed by atoms with Crippen molar-refractivity contribution in [3.63, 3.8) is 0 Å². The molecule has 0 amide bonds. The minimum absolute atomic E-state index is 0.0556. The number of aromatic hydroxyl groups is 1. The van der Waals surface area contributed by atoms with Crippen molar-refractivity contribution in [1.29, 1.82) is 5.26 Å². The SMILES string of the molecule is N#Cc1cccc(-c2ncccc2O)n1. The van der Waals surface area contributed by atoms with Crippen molar-refractivity contribution in [3.8, 4) is 23.2 Å². The lowest BCUT2D eigenvalue weighted by Crippen LogP contribution is -1.89. The van der Waals surface area contributed by atoms with Crippen molar-refractivity contribution in [2.45, 2.75) is 0 Å². The molecular weight excluding hydrogens is 190 g/mol. The maximum absolute atomic E-state index is 9.54. The highest BCUT2D eigenvalue weighted by atomic mass is 16.3. The molecule has 0 aliphatic heterocycles. The fraction of sp³-hybridized carbons (Fsp3) is 0. The summed E-state index contributed by atoms with van der Waals surface area (Å²) in [7, 11) is 0. The van der Waals surface area contributed by atoms with Crippen molar-refractivity contribution < 1.29 is 5.11 Å². The molecule has 0 fully saturated rings. The number of rotatable bonds is 1. The Labute approximate surface area is 86.5 Å². The molecule has 15 heavy (non-hydrogen) atoms. The third kappa shape index (κ3) is 1.76. The van der Waals surface area contributed by atoms with Crippen LogP contribution in [0.15, 0.2) is 36.5 Å². The van der Waals surface area contributed by atoms with Crippen molar-refractivity contribution in [1.82, 2.24) is 9.97 Å². The highest BCUT2D eigenvalue weighted by molar-refractivity contribution is 5.61. The summed E-state index contributed by atoms with van der Waals surface area (Å²) in [6.07, 6.45) is 1.57. The van der Waals surface area contributed by atoms with Gasteiger partial charge in [-0.1, -0.05) is 6.07 Å². The van der Waals surface area contributed by atoms with Gasteiger partial charge in [0.2, 0.25) is 0 Å². The van der Waals surface area contributed by atoms with E-state index in [1.165, 1.54) is 6.07 Å². The van der Waals surface area contributed by atoms with Gasteiger partial charge in [-0.15, -0.1) is 0 Å². The average molecular weight is 197 g/mol. The Bertz CT molecular complexity index is 531. The number of hydrogen-bond acceptors (Lipinski definition) is 4. The molecule has 1 N–H and O–H groups in total. The Morgan fingerprint density at radius 1 is 1.20 bits per heavy atom. The van der Waals surface area contributed by atoms with E-state index in [1.54, 1.807) is 30.5 Å². The van der Waals surface area contributed by atoms with Gasteiger partial charge in [0.25, 0.3) is 0 Å². The van der Waals surface area contributed by atoms with Crippen LogP contribution in [0.5, 0.6) is 5.75 Å². The molecule has 4 nitrogen and oxygen atoms in total. The van der Waals surface area contributed by atoms with Gasteiger partial charge in [0.05, 0.1) is 5.69 Å². The van der Waals surface area contributed by atoms with E-state index in [4.69, 9.17) is 5.26 Å². The molecule has 4 heteroatoms. The molecule has 0 radical (unpaired) electrons. The van der Waals surface area contributed by atoms with Crippen LogP contribution in [0.3, 0.4) is 0 Å².